The zero-order valence-electron chi connectivity index (χ0n) is 16.5. The molecule has 0 spiro atoms. The van der Waals surface area contributed by atoms with Gasteiger partial charge >= 0.3 is 6.18 Å². The van der Waals surface area contributed by atoms with Crippen molar-refractivity contribution in [2.45, 2.75) is 56.8 Å². The molecule has 3 aromatic heterocycles. The van der Waals surface area contributed by atoms with Crippen molar-refractivity contribution in [3.63, 3.8) is 0 Å². The highest BCUT2D eigenvalue weighted by molar-refractivity contribution is 7.89. The van der Waals surface area contributed by atoms with Crippen LogP contribution in [0.15, 0.2) is 29.4 Å². The van der Waals surface area contributed by atoms with E-state index in [1.807, 2.05) is 6.92 Å². The van der Waals surface area contributed by atoms with Gasteiger partial charge in [0.25, 0.3) is 0 Å². The lowest BCUT2D eigenvalue weighted by Crippen LogP contribution is -2.38. The Morgan fingerprint density at radius 1 is 1.23 bits per heavy atom. The fourth-order valence-electron chi connectivity index (χ4n) is 3.76. The summed E-state index contributed by atoms with van der Waals surface area (Å²) in [5.41, 5.74) is -0.434. The highest BCUT2D eigenvalue weighted by Crippen LogP contribution is 2.36. The molecule has 0 bridgehead atoms. The minimum absolute atomic E-state index is 0.0408. The normalized spacial score (nSPS) is 18.9. The van der Waals surface area contributed by atoms with Crippen molar-refractivity contribution in [3.05, 3.63) is 41.6 Å². The Hall–Kier alpha value is -2.47. The second kappa shape index (κ2) is 7.34. The lowest BCUT2D eigenvalue weighted by Gasteiger charge is -2.33. The van der Waals surface area contributed by atoms with Crippen molar-refractivity contribution in [3.8, 4) is 0 Å². The lowest BCUT2D eigenvalue weighted by molar-refractivity contribution is -0.142. The Morgan fingerprint density at radius 3 is 2.67 bits per heavy atom. The van der Waals surface area contributed by atoms with E-state index >= 15 is 0 Å². The summed E-state index contributed by atoms with van der Waals surface area (Å²) in [6, 6.07) is 1.70. The second-order valence-electron chi connectivity index (χ2n) is 7.28. The topological polar surface area (TPSA) is 85.4 Å². The van der Waals surface area contributed by atoms with Crippen LogP contribution in [0.3, 0.4) is 0 Å². The summed E-state index contributed by atoms with van der Waals surface area (Å²) in [6.45, 7) is 4.11. The molecule has 3 aromatic rings. The second-order valence-corrected chi connectivity index (χ2v) is 9.17. The van der Waals surface area contributed by atoms with Crippen LogP contribution in [0.4, 0.5) is 13.2 Å². The number of halogens is 3. The molecule has 0 aromatic carbocycles. The molecule has 8 nitrogen and oxygen atoms in total. The van der Waals surface area contributed by atoms with Gasteiger partial charge in [-0.25, -0.2) is 17.9 Å². The van der Waals surface area contributed by atoms with Gasteiger partial charge in [-0.3, -0.25) is 4.68 Å². The van der Waals surface area contributed by atoms with Gasteiger partial charge in [0, 0.05) is 31.0 Å². The van der Waals surface area contributed by atoms with Crippen molar-refractivity contribution in [1.82, 2.24) is 28.7 Å². The average Bonchev–Trinajstić information content (AvgIpc) is 3.33. The maximum absolute atomic E-state index is 13.5. The van der Waals surface area contributed by atoms with Gasteiger partial charge in [0.05, 0.1) is 17.9 Å². The number of aryl methyl sites for hydroxylation is 2. The zero-order valence-corrected chi connectivity index (χ0v) is 17.3. The Bertz CT molecular complexity index is 1180. The SMILES string of the molecule is CCn1cc(S(=O)(=O)N2CCCC[C@H]2c2cc3nc(C)cc(C(F)(F)F)n3n2)cn1. The third kappa shape index (κ3) is 3.58. The summed E-state index contributed by atoms with van der Waals surface area (Å²) in [4.78, 5) is 4.20. The van der Waals surface area contributed by atoms with Gasteiger partial charge in [-0.05, 0) is 32.8 Å². The molecule has 30 heavy (non-hydrogen) atoms. The van der Waals surface area contributed by atoms with Crippen LogP contribution in [-0.2, 0) is 22.7 Å². The number of piperidine rings is 1. The minimum Gasteiger partial charge on any atom is -0.272 e. The Kier molecular flexibility index (Phi) is 5.09. The van der Waals surface area contributed by atoms with E-state index < -0.39 is 27.9 Å². The van der Waals surface area contributed by atoms with Crippen LogP contribution < -0.4 is 0 Å². The van der Waals surface area contributed by atoms with E-state index in [0.29, 0.717) is 19.4 Å². The fraction of sp³-hybridized carbons (Fsp3) is 0.500. The average molecular weight is 442 g/mol. The molecule has 0 N–H and O–H groups in total. The van der Waals surface area contributed by atoms with Crippen LogP contribution in [0.25, 0.3) is 5.65 Å². The molecule has 0 saturated carbocycles. The highest BCUT2D eigenvalue weighted by atomic mass is 32.2. The third-order valence-corrected chi connectivity index (χ3v) is 7.06. The summed E-state index contributed by atoms with van der Waals surface area (Å²) in [5.74, 6) is 0. The van der Waals surface area contributed by atoms with Gasteiger partial charge in [0.15, 0.2) is 5.65 Å². The first-order valence-corrected chi connectivity index (χ1v) is 11.0. The van der Waals surface area contributed by atoms with E-state index in [1.165, 1.54) is 34.4 Å². The number of hydrogen-bond acceptors (Lipinski definition) is 5. The first-order valence-electron chi connectivity index (χ1n) is 9.60. The molecule has 0 aliphatic carbocycles. The van der Waals surface area contributed by atoms with Crippen LogP contribution in [0.2, 0.25) is 0 Å². The molecule has 0 unspecified atom stereocenters. The van der Waals surface area contributed by atoms with Crippen LogP contribution >= 0.6 is 0 Å². The predicted molar refractivity (Wildman–Crippen MR) is 101 cm³/mol. The maximum Gasteiger partial charge on any atom is 0.433 e. The molecule has 4 rings (SSSR count). The molecule has 1 aliphatic rings. The summed E-state index contributed by atoms with van der Waals surface area (Å²) in [7, 11) is -3.87. The van der Waals surface area contributed by atoms with E-state index in [2.05, 4.69) is 15.2 Å². The maximum atomic E-state index is 13.5. The van der Waals surface area contributed by atoms with Crippen LogP contribution in [0.5, 0.6) is 0 Å². The van der Waals surface area contributed by atoms with Gasteiger partial charge in [0.2, 0.25) is 10.0 Å². The van der Waals surface area contributed by atoms with E-state index in [0.717, 1.165) is 17.0 Å². The largest absolute Gasteiger partial charge is 0.433 e. The van der Waals surface area contributed by atoms with E-state index in [4.69, 9.17) is 0 Å². The van der Waals surface area contributed by atoms with Gasteiger partial charge in [-0.2, -0.15) is 27.7 Å². The molecule has 1 aliphatic heterocycles. The molecule has 1 saturated heterocycles. The quantitative estimate of drug-likeness (QED) is 0.620. The molecule has 162 valence electrons. The van der Waals surface area contributed by atoms with Crippen molar-refractivity contribution in [1.29, 1.82) is 0 Å². The third-order valence-electron chi connectivity index (χ3n) is 5.20. The summed E-state index contributed by atoms with van der Waals surface area (Å²) < 4.78 is 70.5. The van der Waals surface area contributed by atoms with Crippen molar-refractivity contribution in [2.24, 2.45) is 0 Å². The van der Waals surface area contributed by atoms with Crippen molar-refractivity contribution in [2.75, 3.05) is 6.54 Å². The first-order chi connectivity index (χ1) is 14.1. The molecule has 1 fully saturated rings. The molecule has 4 heterocycles. The Morgan fingerprint density at radius 2 is 2.00 bits per heavy atom. The van der Waals surface area contributed by atoms with E-state index in [-0.39, 0.29) is 28.5 Å². The van der Waals surface area contributed by atoms with Gasteiger partial charge in [-0.15, -0.1) is 0 Å². The van der Waals surface area contributed by atoms with Gasteiger partial charge in [-0.1, -0.05) is 6.42 Å². The van der Waals surface area contributed by atoms with Gasteiger partial charge < -0.3 is 0 Å². The van der Waals surface area contributed by atoms with Gasteiger partial charge in [0.1, 0.15) is 10.6 Å². The smallest absolute Gasteiger partial charge is 0.272 e. The monoisotopic (exact) mass is 442 g/mol. The number of nitrogens with zero attached hydrogens (tertiary/aromatic N) is 6. The molecule has 1 atom stereocenters. The van der Waals surface area contributed by atoms with E-state index in [1.54, 1.807) is 0 Å². The molecule has 0 radical (unpaired) electrons. The summed E-state index contributed by atoms with van der Waals surface area (Å²) in [5, 5.41) is 8.16. The minimum atomic E-state index is -4.61. The molecule has 12 heteroatoms. The number of sulfonamides is 1. The highest BCUT2D eigenvalue weighted by Gasteiger charge is 2.38. The van der Waals surface area contributed by atoms with Crippen LogP contribution in [-0.4, -0.2) is 43.6 Å². The Balaban J connectivity index is 1.79. The standard InChI is InChI=1S/C18H21F3N6O2S/c1-3-25-11-13(10-22-25)30(28,29)26-7-5-4-6-15(26)14-9-17-23-12(2)8-16(18(19,20)21)27(17)24-14/h8-11,15H,3-7H2,1-2H3/t15-/m0/s1. The molecular weight excluding hydrogens is 421 g/mol. The zero-order chi connectivity index (χ0) is 21.7. The van der Waals surface area contributed by atoms with Crippen molar-refractivity contribution >= 4 is 15.7 Å². The fourth-order valence-corrected chi connectivity index (χ4v) is 5.38. The first kappa shape index (κ1) is 20.8. The number of hydrogen-bond donors (Lipinski definition) is 0. The van der Waals surface area contributed by atoms with Crippen molar-refractivity contribution < 1.29 is 21.6 Å². The van der Waals surface area contributed by atoms with Crippen LogP contribution in [0, 0.1) is 6.92 Å². The molecular formula is C18H21F3N6O2S. The number of rotatable bonds is 4. The number of fused-ring (bicyclic) bond motifs is 1. The molecule has 0 amide bonds. The predicted octanol–water partition coefficient (Wildman–Crippen LogP) is 3.19. The Labute approximate surface area is 171 Å². The number of aromatic nitrogens is 5. The summed E-state index contributed by atoms with van der Waals surface area (Å²) in [6.07, 6.45) is 0.0133. The number of alkyl halides is 3. The van der Waals surface area contributed by atoms with E-state index in [9.17, 15) is 21.6 Å². The summed E-state index contributed by atoms with van der Waals surface area (Å²) >= 11 is 0. The van der Waals surface area contributed by atoms with Crippen LogP contribution in [0.1, 0.15) is 49.3 Å². The lowest BCUT2D eigenvalue weighted by atomic mass is 10.0.